The highest BCUT2D eigenvalue weighted by Crippen LogP contribution is 2.29. The van der Waals surface area contributed by atoms with Crippen LogP contribution in [0, 0.1) is 15.9 Å². The Morgan fingerprint density at radius 3 is 3.00 bits per heavy atom. The summed E-state index contributed by atoms with van der Waals surface area (Å²) in [5.41, 5.74) is -0.390. The lowest BCUT2D eigenvalue weighted by atomic mass is 10.2. The van der Waals surface area contributed by atoms with Gasteiger partial charge in [-0.05, 0) is 18.6 Å². The lowest BCUT2D eigenvalue weighted by Crippen LogP contribution is -2.31. The van der Waals surface area contributed by atoms with Gasteiger partial charge in [-0.3, -0.25) is 14.9 Å². The number of nitro benzene ring substituents is 1. The first-order valence-corrected chi connectivity index (χ1v) is 6.50. The second kappa shape index (κ2) is 5.85. The van der Waals surface area contributed by atoms with Gasteiger partial charge in [-0.2, -0.15) is 4.39 Å². The summed E-state index contributed by atoms with van der Waals surface area (Å²) in [6, 6.07) is 3.87. The van der Waals surface area contributed by atoms with E-state index in [1.54, 1.807) is 11.8 Å². The summed E-state index contributed by atoms with van der Waals surface area (Å²) in [5.74, 6) is -0.803. The number of amides is 1. The maximum absolute atomic E-state index is 13.5. The third-order valence-electron chi connectivity index (χ3n) is 3.37. The van der Waals surface area contributed by atoms with Crippen LogP contribution in [-0.4, -0.2) is 34.9 Å². The molecule has 6 nitrogen and oxygen atoms in total. The van der Waals surface area contributed by atoms with Gasteiger partial charge in [0.2, 0.25) is 11.7 Å². The summed E-state index contributed by atoms with van der Waals surface area (Å²) in [5, 5.41) is 13.9. The third-order valence-corrected chi connectivity index (χ3v) is 3.37. The number of nitrogens with zero attached hydrogens (tertiary/aromatic N) is 2. The Bertz CT molecular complexity index is 536. The van der Waals surface area contributed by atoms with E-state index in [0.29, 0.717) is 25.9 Å². The molecule has 1 N–H and O–H groups in total. The zero-order valence-corrected chi connectivity index (χ0v) is 11.1. The van der Waals surface area contributed by atoms with Gasteiger partial charge in [0.25, 0.3) is 0 Å². The third kappa shape index (κ3) is 2.87. The predicted octanol–water partition coefficient (Wildman–Crippen LogP) is 2.16. The molecule has 1 saturated heterocycles. The molecule has 1 fully saturated rings. The van der Waals surface area contributed by atoms with Gasteiger partial charge in [0.1, 0.15) is 5.69 Å². The molecule has 7 heteroatoms. The number of benzene rings is 1. The number of hydrogen-bond donors (Lipinski definition) is 1. The van der Waals surface area contributed by atoms with Crippen molar-refractivity contribution in [3.63, 3.8) is 0 Å². The van der Waals surface area contributed by atoms with Crippen molar-refractivity contribution in [1.29, 1.82) is 0 Å². The minimum absolute atomic E-state index is 0.0584. The Morgan fingerprint density at radius 1 is 1.60 bits per heavy atom. The Labute approximate surface area is 115 Å². The van der Waals surface area contributed by atoms with E-state index >= 15 is 0 Å². The van der Waals surface area contributed by atoms with Crippen LogP contribution in [0.3, 0.4) is 0 Å². The van der Waals surface area contributed by atoms with Crippen molar-refractivity contribution in [3.8, 4) is 0 Å². The van der Waals surface area contributed by atoms with E-state index in [4.69, 9.17) is 0 Å². The van der Waals surface area contributed by atoms with Crippen molar-refractivity contribution in [1.82, 2.24) is 4.90 Å². The molecule has 0 aliphatic carbocycles. The molecule has 1 aromatic rings. The standard InChI is InChI=1S/C13H16FN3O3/c1-2-12(18)16-7-6-9(8-16)15-11-5-3-4-10(14)13(11)17(19)20/h3-5,9,15H,2,6-8H2,1H3. The number of anilines is 1. The van der Waals surface area contributed by atoms with E-state index in [1.165, 1.54) is 12.1 Å². The molecule has 0 radical (unpaired) electrons. The molecule has 1 aromatic carbocycles. The fourth-order valence-electron chi connectivity index (χ4n) is 2.37. The quantitative estimate of drug-likeness (QED) is 0.677. The second-order valence-corrected chi connectivity index (χ2v) is 4.72. The largest absolute Gasteiger partial charge is 0.375 e. The maximum Gasteiger partial charge on any atom is 0.327 e. The first-order chi connectivity index (χ1) is 9.52. The number of nitro groups is 1. The minimum atomic E-state index is -0.862. The molecule has 1 amide bonds. The number of hydrogen-bond acceptors (Lipinski definition) is 4. The Morgan fingerprint density at radius 2 is 2.35 bits per heavy atom. The van der Waals surface area contributed by atoms with Crippen LogP contribution in [0.25, 0.3) is 0 Å². The van der Waals surface area contributed by atoms with E-state index in [1.807, 2.05) is 0 Å². The number of halogens is 1. The lowest BCUT2D eigenvalue weighted by Gasteiger charge is -2.17. The molecular weight excluding hydrogens is 265 g/mol. The van der Waals surface area contributed by atoms with E-state index in [9.17, 15) is 19.3 Å². The van der Waals surface area contributed by atoms with Crippen molar-refractivity contribution in [3.05, 3.63) is 34.1 Å². The van der Waals surface area contributed by atoms with Crippen LogP contribution in [0.5, 0.6) is 0 Å². The summed E-state index contributed by atoms with van der Waals surface area (Å²) in [4.78, 5) is 23.4. The SMILES string of the molecule is CCC(=O)N1CCC(Nc2cccc(F)c2[N+](=O)[O-])C1. The predicted molar refractivity (Wildman–Crippen MR) is 72.0 cm³/mol. The molecule has 0 bridgehead atoms. The molecule has 108 valence electrons. The normalized spacial score (nSPS) is 18.1. The molecule has 0 aromatic heterocycles. The van der Waals surface area contributed by atoms with Crippen LogP contribution in [0.1, 0.15) is 19.8 Å². The molecule has 20 heavy (non-hydrogen) atoms. The molecule has 1 heterocycles. The van der Waals surface area contributed by atoms with E-state index in [-0.39, 0.29) is 17.6 Å². The number of para-hydroxylation sites is 1. The highest BCUT2D eigenvalue weighted by atomic mass is 19.1. The highest BCUT2D eigenvalue weighted by molar-refractivity contribution is 5.76. The van der Waals surface area contributed by atoms with E-state index < -0.39 is 16.4 Å². The minimum Gasteiger partial charge on any atom is -0.375 e. The monoisotopic (exact) mass is 281 g/mol. The molecule has 1 aliphatic rings. The van der Waals surface area contributed by atoms with Crippen LogP contribution in [-0.2, 0) is 4.79 Å². The van der Waals surface area contributed by atoms with Gasteiger partial charge in [-0.15, -0.1) is 0 Å². The summed E-state index contributed by atoms with van der Waals surface area (Å²) >= 11 is 0. The molecule has 2 rings (SSSR count). The summed E-state index contributed by atoms with van der Waals surface area (Å²) in [7, 11) is 0. The van der Waals surface area contributed by atoms with Gasteiger partial charge in [0, 0.05) is 25.6 Å². The van der Waals surface area contributed by atoms with Crippen LogP contribution in [0.4, 0.5) is 15.8 Å². The Kier molecular flexibility index (Phi) is 4.16. The van der Waals surface area contributed by atoms with Crippen molar-refractivity contribution in [2.24, 2.45) is 0 Å². The number of carbonyl (C=O) groups excluding carboxylic acids is 1. The van der Waals surface area contributed by atoms with Gasteiger partial charge in [-0.1, -0.05) is 13.0 Å². The molecular formula is C13H16FN3O3. The number of rotatable bonds is 4. The Hall–Kier alpha value is -2.18. The lowest BCUT2D eigenvalue weighted by molar-refractivity contribution is -0.386. The number of likely N-dealkylation sites (tertiary alicyclic amines) is 1. The van der Waals surface area contributed by atoms with Crippen molar-refractivity contribution >= 4 is 17.3 Å². The fraction of sp³-hybridized carbons (Fsp3) is 0.462. The smallest absolute Gasteiger partial charge is 0.327 e. The van der Waals surface area contributed by atoms with Gasteiger partial charge in [0.05, 0.1) is 4.92 Å². The highest BCUT2D eigenvalue weighted by Gasteiger charge is 2.28. The topological polar surface area (TPSA) is 75.5 Å². The zero-order valence-electron chi connectivity index (χ0n) is 11.1. The van der Waals surface area contributed by atoms with Gasteiger partial charge in [-0.25, -0.2) is 0 Å². The summed E-state index contributed by atoms with van der Waals surface area (Å²) in [6.45, 7) is 2.90. The number of carbonyl (C=O) groups is 1. The summed E-state index contributed by atoms with van der Waals surface area (Å²) < 4.78 is 13.5. The average Bonchev–Trinajstić information content (AvgIpc) is 2.86. The zero-order chi connectivity index (χ0) is 14.7. The van der Waals surface area contributed by atoms with E-state index in [2.05, 4.69) is 5.32 Å². The second-order valence-electron chi connectivity index (χ2n) is 4.72. The first-order valence-electron chi connectivity index (χ1n) is 6.50. The fourth-order valence-corrected chi connectivity index (χ4v) is 2.37. The maximum atomic E-state index is 13.5. The van der Waals surface area contributed by atoms with Gasteiger partial charge in [0.15, 0.2) is 0 Å². The summed E-state index contributed by atoms with van der Waals surface area (Å²) in [6.07, 6.45) is 1.13. The van der Waals surface area contributed by atoms with Crippen LogP contribution >= 0.6 is 0 Å². The molecule has 1 unspecified atom stereocenters. The number of nitrogens with one attached hydrogen (secondary N) is 1. The molecule has 1 atom stereocenters. The first kappa shape index (κ1) is 14.2. The van der Waals surface area contributed by atoms with Crippen molar-refractivity contribution in [2.45, 2.75) is 25.8 Å². The van der Waals surface area contributed by atoms with Crippen molar-refractivity contribution in [2.75, 3.05) is 18.4 Å². The molecule has 1 aliphatic heterocycles. The molecule has 0 spiro atoms. The van der Waals surface area contributed by atoms with E-state index in [0.717, 1.165) is 6.07 Å². The van der Waals surface area contributed by atoms with Crippen LogP contribution in [0.15, 0.2) is 18.2 Å². The average molecular weight is 281 g/mol. The van der Waals surface area contributed by atoms with Gasteiger partial charge >= 0.3 is 5.69 Å². The van der Waals surface area contributed by atoms with Gasteiger partial charge < -0.3 is 10.2 Å². The molecule has 0 saturated carbocycles. The van der Waals surface area contributed by atoms with Crippen LogP contribution in [0.2, 0.25) is 0 Å². The van der Waals surface area contributed by atoms with Crippen LogP contribution < -0.4 is 5.32 Å². The van der Waals surface area contributed by atoms with Crippen molar-refractivity contribution < 1.29 is 14.1 Å². The Balaban J connectivity index is 2.10.